The minimum absolute atomic E-state index is 0.0362. The van der Waals surface area contributed by atoms with Gasteiger partial charge < -0.3 is 10.5 Å². The molecular formula is C13H15N3O3S. The number of sulfonamides is 1. The average Bonchev–Trinajstić information content (AvgIpc) is 2.41. The zero-order valence-electron chi connectivity index (χ0n) is 10.9. The van der Waals surface area contributed by atoms with Gasteiger partial charge in [0.15, 0.2) is 0 Å². The molecule has 1 heterocycles. The van der Waals surface area contributed by atoms with Gasteiger partial charge in [0.25, 0.3) is 10.0 Å². The minimum Gasteiger partial charge on any atom is -0.494 e. The topological polar surface area (TPSA) is 94.3 Å². The van der Waals surface area contributed by atoms with Crippen molar-refractivity contribution in [3.05, 3.63) is 42.6 Å². The lowest BCUT2D eigenvalue weighted by atomic mass is 10.3. The van der Waals surface area contributed by atoms with Gasteiger partial charge in [-0.05, 0) is 43.3 Å². The van der Waals surface area contributed by atoms with Crippen LogP contribution in [0.4, 0.5) is 11.5 Å². The molecule has 6 nitrogen and oxygen atoms in total. The van der Waals surface area contributed by atoms with Gasteiger partial charge in [-0.3, -0.25) is 4.72 Å². The molecule has 0 unspecified atom stereocenters. The lowest BCUT2D eigenvalue weighted by Gasteiger charge is -2.10. The molecule has 0 saturated carbocycles. The van der Waals surface area contributed by atoms with Crippen molar-refractivity contribution in [2.45, 2.75) is 11.8 Å². The molecule has 0 aliphatic carbocycles. The number of benzene rings is 1. The van der Waals surface area contributed by atoms with Crippen LogP contribution in [-0.2, 0) is 10.0 Å². The van der Waals surface area contributed by atoms with Gasteiger partial charge in [-0.25, -0.2) is 13.4 Å². The van der Waals surface area contributed by atoms with Crippen LogP contribution < -0.4 is 15.2 Å². The Balaban J connectivity index is 2.22. The maximum Gasteiger partial charge on any atom is 0.265 e. The molecule has 1 aromatic carbocycles. The number of ether oxygens (including phenoxy) is 1. The Morgan fingerprint density at radius 2 is 1.95 bits per heavy atom. The fourth-order valence-corrected chi connectivity index (χ4v) is 2.77. The molecule has 0 aliphatic rings. The highest BCUT2D eigenvalue weighted by Gasteiger charge is 2.17. The summed E-state index contributed by atoms with van der Waals surface area (Å²) in [5.74, 6) is 0.641. The molecule has 0 spiro atoms. The fraction of sp³-hybridized carbons (Fsp3) is 0.154. The first kappa shape index (κ1) is 14.1. The van der Waals surface area contributed by atoms with Crippen LogP contribution in [0.25, 0.3) is 0 Å². The van der Waals surface area contributed by atoms with E-state index in [1.807, 2.05) is 6.92 Å². The minimum atomic E-state index is -3.75. The zero-order chi connectivity index (χ0) is 14.6. The second-order valence-electron chi connectivity index (χ2n) is 3.95. The van der Waals surface area contributed by atoms with Gasteiger partial charge in [-0.15, -0.1) is 0 Å². The van der Waals surface area contributed by atoms with Crippen molar-refractivity contribution in [3.63, 3.8) is 0 Å². The van der Waals surface area contributed by atoms with Crippen LogP contribution in [0.2, 0.25) is 0 Å². The average molecular weight is 293 g/mol. The van der Waals surface area contributed by atoms with Gasteiger partial charge in [0.2, 0.25) is 0 Å². The third-order valence-electron chi connectivity index (χ3n) is 2.51. The summed E-state index contributed by atoms with van der Waals surface area (Å²) in [6, 6.07) is 9.54. The van der Waals surface area contributed by atoms with Crippen LogP contribution in [0.3, 0.4) is 0 Å². The summed E-state index contributed by atoms with van der Waals surface area (Å²) >= 11 is 0. The van der Waals surface area contributed by atoms with E-state index >= 15 is 0 Å². The van der Waals surface area contributed by atoms with E-state index in [1.54, 1.807) is 24.3 Å². The molecule has 7 heteroatoms. The summed E-state index contributed by atoms with van der Waals surface area (Å²) in [4.78, 5) is 3.72. The largest absolute Gasteiger partial charge is 0.494 e. The van der Waals surface area contributed by atoms with E-state index in [-0.39, 0.29) is 10.7 Å². The SMILES string of the molecule is CCOc1ccc(NS(=O)(=O)c2cccnc2N)cc1. The van der Waals surface area contributed by atoms with Crippen molar-refractivity contribution >= 4 is 21.5 Å². The number of nitrogens with one attached hydrogen (secondary N) is 1. The molecule has 3 N–H and O–H groups in total. The van der Waals surface area contributed by atoms with Gasteiger partial charge >= 0.3 is 0 Å². The lowest BCUT2D eigenvalue weighted by Crippen LogP contribution is -2.15. The van der Waals surface area contributed by atoms with Crippen LogP contribution in [0.1, 0.15) is 6.92 Å². The van der Waals surface area contributed by atoms with E-state index < -0.39 is 10.0 Å². The highest BCUT2D eigenvalue weighted by Crippen LogP contribution is 2.21. The number of aromatic nitrogens is 1. The number of hydrogen-bond acceptors (Lipinski definition) is 5. The van der Waals surface area contributed by atoms with Crippen LogP contribution in [0.5, 0.6) is 5.75 Å². The Labute approximate surface area is 117 Å². The predicted molar refractivity (Wildman–Crippen MR) is 77.1 cm³/mol. The molecule has 2 aromatic rings. The molecule has 106 valence electrons. The van der Waals surface area contributed by atoms with Gasteiger partial charge in [-0.1, -0.05) is 0 Å². The summed E-state index contributed by atoms with van der Waals surface area (Å²) in [5, 5.41) is 0. The Morgan fingerprint density at radius 3 is 2.55 bits per heavy atom. The first-order chi connectivity index (χ1) is 9.53. The number of nitrogens with zero attached hydrogens (tertiary/aromatic N) is 1. The first-order valence-electron chi connectivity index (χ1n) is 5.99. The monoisotopic (exact) mass is 293 g/mol. The molecular weight excluding hydrogens is 278 g/mol. The number of pyridine rings is 1. The Hall–Kier alpha value is -2.28. The summed E-state index contributed by atoms with van der Waals surface area (Å²) < 4.78 is 32.1. The number of nitrogens with two attached hydrogens (primary N) is 1. The fourth-order valence-electron chi connectivity index (χ4n) is 1.63. The van der Waals surface area contributed by atoms with Gasteiger partial charge in [0, 0.05) is 11.9 Å². The number of anilines is 2. The van der Waals surface area contributed by atoms with E-state index in [9.17, 15) is 8.42 Å². The molecule has 0 radical (unpaired) electrons. The Morgan fingerprint density at radius 1 is 1.25 bits per heavy atom. The van der Waals surface area contributed by atoms with E-state index in [1.165, 1.54) is 18.3 Å². The molecule has 0 amide bonds. The first-order valence-corrected chi connectivity index (χ1v) is 7.47. The second-order valence-corrected chi connectivity index (χ2v) is 5.60. The van der Waals surface area contributed by atoms with Crippen LogP contribution in [0, 0.1) is 0 Å². The van der Waals surface area contributed by atoms with Gasteiger partial charge in [0.1, 0.15) is 16.5 Å². The lowest BCUT2D eigenvalue weighted by molar-refractivity contribution is 0.340. The molecule has 1 aromatic heterocycles. The molecule has 2 rings (SSSR count). The van der Waals surface area contributed by atoms with Crippen LogP contribution in [0.15, 0.2) is 47.5 Å². The van der Waals surface area contributed by atoms with Crippen molar-refractivity contribution in [1.29, 1.82) is 0 Å². The van der Waals surface area contributed by atoms with Crippen molar-refractivity contribution in [1.82, 2.24) is 4.98 Å². The maximum absolute atomic E-state index is 12.2. The Kier molecular flexibility index (Phi) is 4.09. The highest BCUT2D eigenvalue weighted by molar-refractivity contribution is 7.92. The summed E-state index contributed by atoms with van der Waals surface area (Å²) in [6.07, 6.45) is 1.44. The predicted octanol–water partition coefficient (Wildman–Crippen LogP) is 1.86. The number of hydrogen-bond donors (Lipinski definition) is 2. The standard InChI is InChI=1S/C13H15N3O3S/c1-2-19-11-7-5-10(6-8-11)16-20(17,18)12-4-3-9-15-13(12)14/h3-9,16H,2H2,1H3,(H2,14,15). The van der Waals surface area contributed by atoms with E-state index in [2.05, 4.69) is 9.71 Å². The molecule has 0 atom stereocenters. The summed E-state index contributed by atoms with van der Waals surface area (Å²) in [6.45, 7) is 2.43. The van der Waals surface area contributed by atoms with Gasteiger partial charge in [-0.2, -0.15) is 0 Å². The van der Waals surface area contributed by atoms with Gasteiger partial charge in [0.05, 0.1) is 6.61 Å². The van der Waals surface area contributed by atoms with Crippen LogP contribution >= 0.6 is 0 Å². The third-order valence-corrected chi connectivity index (χ3v) is 3.94. The normalized spacial score (nSPS) is 11.1. The summed E-state index contributed by atoms with van der Waals surface area (Å²) in [7, 11) is -3.75. The van der Waals surface area contributed by atoms with E-state index in [0.29, 0.717) is 18.0 Å². The smallest absolute Gasteiger partial charge is 0.265 e. The highest BCUT2D eigenvalue weighted by atomic mass is 32.2. The van der Waals surface area contributed by atoms with Crippen molar-refractivity contribution < 1.29 is 13.2 Å². The Bertz CT molecular complexity index is 684. The zero-order valence-corrected chi connectivity index (χ0v) is 11.7. The molecule has 0 saturated heterocycles. The van der Waals surface area contributed by atoms with Crippen molar-refractivity contribution in [2.24, 2.45) is 0 Å². The van der Waals surface area contributed by atoms with E-state index in [4.69, 9.17) is 10.5 Å². The number of nitrogen functional groups attached to an aromatic ring is 1. The molecule has 20 heavy (non-hydrogen) atoms. The molecule has 0 aliphatic heterocycles. The second kappa shape index (κ2) is 5.79. The molecule has 0 fully saturated rings. The third kappa shape index (κ3) is 3.18. The van der Waals surface area contributed by atoms with Crippen LogP contribution in [-0.4, -0.2) is 20.0 Å². The number of rotatable bonds is 5. The quantitative estimate of drug-likeness (QED) is 0.877. The summed E-state index contributed by atoms with van der Waals surface area (Å²) in [5.41, 5.74) is 6.00. The maximum atomic E-state index is 12.2. The molecule has 0 bridgehead atoms. The van der Waals surface area contributed by atoms with Crippen molar-refractivity contribution in [3.8, 4) is 5.75 Å². The van der Waals surface area contributed by atoms with Crippen molar-refractivity contribution in [2.75, 3.05) is 17.1 Å². The van der Waals surface area contributed by atoms with E-state index in [0.717, 1.165) is 0 Å².